The summed E-state index contributed by atoms with van der Waals surface area (Å²) < 4.78 is 0. The molecular weight excluding hydrogens is 691 g/mol. The van der Waals surface area contributed by atoms with Crippen molar-refractivity contribution in [2.45, 2.75) is 276 Å². The van der Waals surface area contributed by atoms with Crippen molar-refractivity contribution in [3.8, 4) is 0 Å². The second-order valence-electron chi connectivity index (χ2n) is 17.0. The van der Waals surface area contributed by atoms with E-state index in [9.17, 15) is 20.1 Å². The summed E-state index contributed by atoms with van der Waals surface area (Å²) in [5, 5.41) is 33.2. The molecular formula is C51H97NO4. The Bertz CT molecular complexity index is 870. The number of amides is 1. The van der Waals surface area contributed by atoms with Gasteiger partial charge in [0.2, 0.25) is 5.91 Å². The van der Waals surface area contributed by atoms with E-state index in [1.807, 2.05) is 6.08 Å². The van der Waals surface area contributed by atoms with Gasteiger partial charge in [0.1, 0.15) is 6.10 Å². The van der Waals surface area contributed by atoms with Crippen molar-refractivity contribution < 1.29 is 20.1 Å². The largest absolute Gasteiger partial charge is 0.394 e. The third kappa shape index (κ3) is 40.8. The molecule has 330 valence electrons. The van der Waals surface area contributed by atoms with Crippen LogP contribution < -0.4 is 5.32 Å². The molecule has 0 rings (SSSR count). The highest BCUT2D eigenvalue weighted by Crippen LogP contribution is 2.16. The summed E-state index contributed by atoms with van der Waals surface area (Å²) in [6.07, 6.45) is 59.1. The van der Waals surface area contributed by atoms with Crippen LogP contribution in [0, 0.1) is 0 Å². The smallest absolute Gasteiger partial charge is 0.249 e. The summed E-state index contributed by atoms with van der Waals surface area (Å²) in [6.45, 7) is 4.19. The van der Waals surface area contributed by atoms with Crippen LogP contribution in [0.15, 0.2) is 36.5 Å². The quantitative estimate of drug-likeness (QED) is 0.0365. The van der Waals surface area contributed by atoms with E-state index >= 15 is 0 Å². The highest BCUT2D eigenvalue weighted by Gasteiger charge is 2.22. The Labute approximate surface area is 349 Å². The van der Waals surface area contributed by atoms with E-state index in [0.29, 0.717) is 6.42 Å². The van der Waals surface area contributed by atoms with Crippen LogP contribution in [0.5, 0.6) is 0 Å². The van der Waals surface area contributed by atoms with Gasteiger partial charge in [-0.1, -0.05) is 237 Å². The van der Waals surface area contributed by atoms with Crippen LogP contribution in [0.25, 0.3) is 0 Å². The van der Waals surface area contributed by atoms with Crippen molar-refractivity contribution >= 4 is 5.91 Å². The van der Waals surface area contributed by atoms with Crippen LogP contribution in [0.4, 0.5) is 0 Å². The van der Waals surface area contributed by atoms with Crippen molar-refractivity contribution in [3.05, 3.63) is 36.5 Å². The lowest BCUT2D eigenvalue weighted by Gasteiger charge is -2.21. The first-order valence-corrected chi connectivity index (χ1v) is 24.8. The molecule has 0 radical (unpaired) electrons. The maximum atomic E-state index is 12.5. The van der Waals surface area contributed by atoms with Crippen LogP contribution in [0.1, 0.15) is 258 Å². The molecule has 0 heterocycles. The van der Waals surface area contributed by atoms with E-state index in [0.717, 1.165) is 38.5 Å². The van der Waals surface area contributed by atoms with Crippen molar-refractivity contribution in [3.63, 3.8) is 0 Å². The van der Waals surface area contributed by atoms with Crippen molar-refractivity contribution in [2.24, 2.45) is 0 Å². The molecule has 1 amide bonds. The van der Waals surface area contributed by atoms with Gasteiger partial charge in [0.15, 0.2) is 0 Å². The Hall–Kier alpha value is -1.43. The minimum atomic E-state index is -1.11. The van der Waals surface area contributed by atoms with Crippen molar-refractivity contribution in [1.29, 1.82) is 0 Å². The Kier molecular flexibility index (Phi) is 45.1. The molecule has 0 aliphatic rings. The summed E-state index contributed by atoms with van der Waals surface area (Å²) in [5.41, 5.74) is 0. The molecule has 0 spiro atoms. The van der Waals surface area contributed by atoms with Crippen LogP contribution in [-0.4, -0.2) is 46.1 Å². The van der Waals surface area contributed by atoms with Crippen LogP contribution in [0.2, 0.25) is 0 Å². The summed E-state index contributed by atoms with van der Waals surface area (Å²) in [5.74, 6) is -0.516. The number of unbranched alkanes of at least 4 members (excludes halogenated alkanes) is 33. The molecule has 0 bridgehead atoms. The third-order valence-corrected chi connectivity index (χ3v) is 11.5. The molecule has 3 unspecified atom stereocenters. The lowest BCUT2D eigenvalue weighted by atomic mass is 10.0. The lowest BCUT2D eigenvalue weighted by molar-refractivity contribution is -0.131. The molecule has 0 aromatic heterocycles. The average molecular weight is 788 g/mol. The van der Waals surface area contributed by atoms with Gasteiger partial charge in [0, 0.05) is 0 Å². The van der Waals surface area contributed by atoms with Gasteiger partial charge in [-0.05, 0) is 57.8 Å². The molecule has 0 aromatic carbocycles. The topological polar surface area (TPSA) is 89.8 Å². The number of hydrogen-bond acceptors (Lipinski definition) is 4. The van der Waals surface area contributed by atoms with E-state index in [4.69, 9.17) is 0 Å². The maximum Gasteiger partial charge on any atom is 0.249 e. The Balaban J connectivity index is 3.67. The summed E-state index contributed by atoms with van der Waals surface area (Å²) in [6, 6.07) is -0.817. The highest BCUT2D eigenvalue weighted by atomic mass is 16.3. The zero-order valence-corrected chi connectivity index (χ0v) is 37.5. The van der Waals surface area contributed by atoms with Gasteiger partial charge in [-0.2, -0.15) is 0 Å². The Morgan fingerprint density at radius 1 is 0.429 bits per heavy atom. The summed E-state index contributed by atoms with van der Waals surface area (Å²) in [4.78, 5) is 12.5. The van der Waals surface area contributed by atoms with E-state index in [1.165, 1.54) is 199 Å². The zero-order chi connectivity index (χ0) is 40.8. The monoisotopic (exact) mass is 788 g/mol. The molecule has 0 saturated carbocycles. The number of nitrogens with one attached hydrogen (secondary N) is 1. The number of hydrogen-bond donors (Lipinski definition) is 4. The fraction of sp³-hybridized carbons (Fsp3) is 0.863. The van der Waals surface area contributed by atoms with Crippen LogP contribution in [0.3, 0.4) is 0 Å². The fourth-order valence-corrected chi connectivity index (χ4v) is 7.55. The average Bonchev–Trinajstić information content (AvgIpc) is 3.20. The first-order valence-electron chi connectivity index (χ1n) is 24.8. The molecule has 0 aromatic rings. The molecule has 0 saturated heterocycles. The predicted molar refractivity (Wildman–Crippen MR) is 245 cm³/mol. The van der Waals surface area contributed by atoms with E-state index in [2.05, 4.69) is 43.5 Å². The van der Waals surface area contributed by atoms with Gasteiger partial charge in [-0.25, -0.2) is 0 Å². The molecule has 5 heteroatoms. The van der Waals surface area contributed by atoms with Crippen molar-refractivity contribution in [1.82, 2.24) is 5.32 Å². The van der Waals surface area contributed by atoms with Crippen LogP contribution >= 0.6 is 0 Å². The second-order valence-corrected chi connectivity index (χ2v) is 17.0. The molecule has 5 nitrogen and oxygen atoms in total. The van der Waals surface area contributed by atoms with Gasteiger partial charge in [0.05, 0.1) is 18.8 Å². The van der Waals surface area contributed by atoms with E-state index in [1.54, 1.807) is 6.08 Å². The number of aliphatic hydroxyl groups excluding tert-OH is 3. The second kappa shape index (κ2) is 46.3. The minimum absolute atomic E-state index is 0.377. The molecule has 4 N–H and O–H groups in total. The van der Waals surface area contributed by atoms with Gasteiger partial charge in [0.25, 0.3) is 0 Å². The Morgan fingerprint density at radius 3 is 1.09 bits per heavy atom. The van der Waals surface area contributed by atoms with Gasteiger partial charge in [-0.3, -0.25) is 4.79 Å². The molecule has 0 aliphatic heterocycles. The SMILES string of the molecule is CCCCCCCCCCCCC/C=C\CCCCCCCCC(O)C(=O)NC(CO)C(O)/C=C/CC/C=C/CCCCCCCCCCCCCCCCC. The van der Waals surface area contributed by atoms with Crippen LogP contribution in [-0.2, 0) is 4.79 Å². The van der Waals surface area contributed by atoms with E-state index < -0.39 is 24.2 Å². The normalized spacial score (nSPS) is 13.7. The first kappa shape index (κ1) is 54.6. The zero-order valence-electron chi connectivity index (χ0n) is 37.5. The molecule has 56 heavy (non-hydrogen) atoms. The van der Waals surface area contributed by atoms with Gasteiger partial charge < -0.3 is 20.6 Å². The molecule has 0 aliphatic carbocycles. The first-order chi connectivity index (χ1) is 27.6. The van der Waals surface area contributed by atoms with Gasteiger partial charge >= 0.3 is 0 Å². The lowest BCUT2D eigenvalue weighted by Crippen LogP contribution is -2.48. The fourth-order valence-electron chi connectivity index (χ4n) is 7.55. The highest BCUT2D eigenvalue weighted by molar-refractivity contribution is 5.80. The van der Waals surface area contributed by atoms with E-state index in [-0.39, 0.29) is 6.61 Å². The summed E-state index contributed by atoms with van der Waals surface area (Å²) in [7, 11) is 0. The minimum Gasteiger partial charge on any atom is -0.394 e. The maximum absolute atomic E-state index is 12.5. The summed E-state index contributed by atoms with van der Waals surface area (Å²) >= 11 is 0. The third-order valence-electron chi connectivity index (χ3n) is 11.5. The number of carbonyl (C=O) groups is 1. The number of carbonyl (C=O) groups excluding carboxylic acids is 1. The standard InChI is InChI=1S/C51H97NO4/c1-3-5-7-9-11-13-15-17-19-21-23-25-27-29-31-33-35-37-39-41-43-45-49(54)48(47-53)52-51(56)50(55)46-44-42-40-38-36-34-32-30-28-26-24-22-20-18-16-14-12-10-8-6-4-2/h28,30,35,37,43,45,48-50,53-55H,3-27,29,31-34,36,38-42,44,46-47H2,1-2H3,(H,52,56)/b30-28-,37-35+,45-43+. The molecule has 0 fully saturated rings. The predicted octanol–water partition coefficient (Wildman–Crippen LogP) is 14.7. The van der Waals surface area contributed by atoms with Gasteiger partial charge in [-0.15, -0.1) is 0 Å². The Morgan fingerprint density at radius 2 is 0.732 bits per heavy atom. The molecule has 3 atom stereocenters. The van der Waals surface area contributed by atoms with Crippen molar-refractivity contribution in [2.75, 3.05) is 6.61 Å². The number of rotatable bonds is 45. The number of aliphatic hydroxyl groups is 3. The number of allylic oxidation sites excluding steroid dienone is 5.